The smallest absolute Gasteiger partial charge is 0.413 e. The van der Waals surface area contributed by atoms with E-state index in [0.29, 0.717) is 4.60 Å². The molecule has 0 atom stereocenters. The number of rotatable bonds is 4. The van der Waals surface area contributed by atoms with E-state index in [1.165, 1.54) is 12.1 Å². The van der Waals surface area contributed by atoms with Gasteiger partial charge < -0.3 is 5.11 Å². The molecule has 0 fully saturated rings. The summed E-state index contributed by atoms with van der Waals surface area (Å²) < 4.78 is 13.6. The molecule has 0 saturated carbocycles. The third-order valence-corrected chi connectivity index (χ3v) is 3.73. The molecule has 1 aromatic carbocycles. The Kier molecular flexibility index (Phi) is 4.75. The molecule has 0 unspecified atom stereocenters. The summed E-state index contributed by atoms with van der Waals surface area (Å²) in [7, 11) is 0. The fraction of sp³-hybridized carbons (Fsp3) is 0.267. The van der Waals surface area contributed by atoms with Crippen molar-refractivity contribution in [2.75, 3.05) is 11.4 Å². The molecule has 0 aliphatic rings. The van der Waals surface area contributed by atoms with Crippen molar-refractivity contribution in [3.8, 4) is 0 Å². The highest BCUT2D eigenvalue weighted by atomic mass is 79.9. The number of hydrogen-bond acceptors (Lipinski definition) is 3. The van der Waals surface area contributed by atoms with Crippen LogP contribution in [0.2, 0.25) is 0 Å². The summed E-state index contributed by atoms with van der Waals surface area (Å²) in [5, 5.41) is 17.1. The van der Waals surface area contributed by atoms with Gasteiger partial charge in [0.05, 0.1) is 0 Å². The first-order valence-corrected chi connectivity index (χ1v) is 7.34. The number of aromatic nitrogens is 2. The van der Waals surface area contributed by atoms with E-state index in [-0.39, 0.29) is 18.2 Å². The lowest BCUT2D eigenvalue weighted by Crippen LogP contribution is -2.41. The van der Waals surface area contributed by atoms with Gasteiger partial charge in [-0.2, -0.15) is 0 Å². The molecule has 0 aliphatic heterocycles. The van der Waals surface area contributed by atoms with E-state index >= 15 is 0 Å². The molecule has 7 heteroatoms. The zero-order chi connectivity index (χ0) is 16.3. The van der Waals surface area contributed by atoms with Crippen LogP contribution in [0.1, 0.15) is 19.4 Å². The normalized spacial score (nSPS) is 11.3. The molecule has 1 heterocycles. The SMILES string of the molecule is CC(C)(CN(C(=O)O)c1ccc(Br)nn1)c1ccc(F)cc1. The molecule has 0 radical (unpaired) electrons. The second-order valence-electron chi connectivity index (χ2n) is 5.47. The Bertz CT molecular complexity index is 659. The van der Waals surface area contributed by atoms with E-state index in [1.807, 2.05) is 13.8 Å². The Labute approximate surface area is 135 Å². The quantitative estimate of drug-likeness (QED) is 0.891. The Morgan fingerprint density at radius 3 is 2.36 bits per heavy atom. The monoisotopic (exact) mass is 367 g/mol. The number of hydrogen-bond donors (Lipinski definition) is 1. The molecule has 1 amide bonds. The number of amides is 1. The summed E-state index contributed by atoms with van der Waals surface area (Å²) in [6.45, 7) is 3.95. The van der Waals surface area contributed by atoms with Crippen LogP contribution in [0.3, 0.4) is 0 Å². The van der Waals surface area contributed by atoms with Gasteiger partial charge >= 0.3 is 6.09 Å². The fourth-order valence-electron chi connectivity index (χ4n) is 2.09. The highest BCUT2D eigenvalue weighted by Gasteiger charge is 2.28. The van der Waals surface area contributed by atoms with Crippen molar-refractivity contribution in [2.24, 2.45) is 0 Å². The van der Waals surface area contributed by atoms with Gasteiger partial charge in [-0.3, -0.25) is 4.90 Å². The standard InChI is InChI=1S/C15H15BrFN3O2/c1-15(2,10-3-5-11(17)6-4-10)9-20(14(21)22)13-8-7-12(16)18-19-13/h3-8H,9H2,1-2H3,(H,21,22). The highest BCUT2D eigenvalue weighted by molar-refractivity contribution is 9.10. The Morgan fingerprint density at radius 1 is 1.23 bits per heavy atom. The molecule has 5 nitrogen and oxygen atoms in total. The lowest BCUT2D eigenvalue weighted by molar-refractivity contribution is 0.199. The average molecular weight is 368 g/mol. The zero-order valence-electron chi connectivity index (χ0n) is 12.1. The molecule has 22 heavy (non-hydrogen) atoms. The van der Waals surface area contributed by atoms with Gasteiger partial charge in [0.25, 0.3) is 0 Å². The van der Waals surface area contributed by atoms with E-state index in [2.05, 4.69) is 26.1 Å². The lowest BCUT2D eigenvalue weighted by Gasteiger charge is -2.30. The molecule has 116 valence electrons. The predicted octanol–water partition coefficient (Wildman–Crippen LogP) is 3.84. The number of anilines is 1. The number of carbonyl (C=O) groups is 1. The molecular formula is C15H15BrFN3O2. The van der Waals surface area contributed by atoms with Gasteiger partial charge in [-0.1, -0.05) is 26.0 Å². The Balaban J connectivity index is 2.28. The van der Waals surface area contributed by atoms with Crippen LogP contribution in [-0.4, -0.2) is 27.9 Å². The average Bonchev–Trinajstić information content (AvgIpc) is 2.46. The van der Waals surface area contributed by atoms with Gasteiger partial charge in [-0.15, -0.1) is 10.2 Å². The maximum Gasteiger partial charge on any atom is 0.413 e. The minimum absolute atomic E-state index is 0.171. The molecule has 2 aromatic rings. The van der Waals surface area contributed by atoms with Crippen molar-refractivity contribution < 1.29 is 14.3 Å². The first-order chi connectivity index (χ1) is 10.3. The minimum Gasteiger partial charge on any atom is -0.465 e. The predicted molar refractivity (Wildman–Crippen MR) is 84.5 cm³/mol. The van der Waals surface area contributed by atoms with E-state index in [1.54, 1.807) is 24.3 Å². The van der Waals surface area contributed by atoms with Crippen molar-refractivity contribution in [3.05, 3.63) is 52.4 Å². The van der Waals surface area contributed by atoms with Gasteiger partial charge in [0, 0.05) is 12.0 Å². The largest absolute Gasteiger partial charge is 0.465 e. The summed E-state index contributed by atoms with van der Waals surface area (Å²) in [4.78, 5) is 12.7. The maximum absolute atomic E-state index is 13.0. The van der Waals surface area contributed by atoms with Crippen LogP contribution in [0.15, 0.2) is 41.0 Å². The number of carboxylic acid groups (broad SMARTS) is 1. The summed E-state index contributed by atoms with van der Waals surface area (Å²) in [5.41, 5.74) is 0.325. The Hall–Kier alpha value is -2.02. The van der Waals surface area contributed by atoms with E-state index < -0.39 is 11.5 Å². The van der Waals surface area contributed by atoms with Crippen LogP contribution in [-0.2, 0) is 5.41 Å². The van der Waals surface area contributed by atoms with Crippen molar-refractivity contribution >= 4 is 27.8 Å². The van der Waals surface area contributed by atoms with Gasteiger partial charge in [-0.05, 0) is 45.8 Å². The molecule has 0 aliphatic carbocycles. The van der Waals surface area contributed by atoms with Crippen LogP contribution in [0.5, 0.6) is 0 Å². The lowest BCUT2D eigenvalue weighted by atomic mass is 9.84. The van der Waals surface area contributed by atoms with Gasteiger partial charge in [0.1, 0.15) is 10.4 Å². The minimum atomic E-state index is -1.12. The van der Waals surface area contributed by atoms with Crippen molar-refractivity contribution in [1.29, 1.82) is 0 Å². The van der Waals surface area contributed by atoms with Crippen LogP contribution in [0.4, 0.5) is 15.0 Å². The Morgan fingerprint density at radius 2 is 1.86 bits per heavy atom. The summed E-state index contributed by atoms with van der Waals surface area (Å²) >= 11 is 3.16. The second-order valence-corrected chi connectivity index (χ2v) is 6.29. The van der Waals surface area contributed by atoms with E-state index in [0.717, 1.165) is 10.5 Å². The van der Waals surface area contributed by atoms with Crippen molar-refractivity contribution in [3.63, 3.8) is 0 Å². The van der Waals surface area contributed by atoms with Crippen LogP contribution in [0, 0.1) is 5.82 Å². The number of benzene rings is 1. The molecule has 1 aromatic heterocycles. The van der Waals surface area contributed by atoms with E-state index in [4.69, 9.17) is 0 Å². The summed E-state index contributed by atoms with van der Waals surface area (Å²) in [6.07, 6.45) is -1.12. The van der Waals surface area contributed by atoms with Crippen molar-refractivity contribution in [1.82, 2.24) is 10.2 Å². The number of halogens is 2. The topological polar surface area (TPSA) is 66.3 Å². The molecule has 0 saturated heterocycles. The molecule has 0 bridgehead atoms. The summed E-state index contributed by atoms with van der Waals surface area (Å²) in [5.74, 6) is -0.0840. The second kappa shape index (κ2) is 6.39. The van der Waals surface area contributed by atoms with Crippen LogP contribution in [0.25, 0.3) is 0 Å². The first-order valence-electron chi connectivity index (χ1n) is 6.55. The summed E-state index contributed by atoms with van der Waals surface area (Å²) in [6, 6.07) is 9.24. The van der Waals surface area contributed by atoms with Crippen LogP contribution < -0.4 is 4.90 Å². The zero-order valence-corrected chi connectivity index (χ0v) is 13.7. The van der Waals surface area contributed by atoms with Gasteiger partial charge in [0.2, 0.25) is 0 Å². The van der Waals surface area contributed by atoms with Crippen LogP contribution >= 0.6 is 15.9 Å². The first kappa shape index (κ1) is 16.4. The fourth-order valence-corrected chi connectivity index (χ4v) is 2.30. The molecular weight excluding hydrogens is 353 g/mol. The molecule has 1 N–H and O–H groups in total. The van der Waals surface area contributed by atoms with Gasteiger partial charge in [0.15, 0.2) is 5.82 Å². The molecule has 0 spiro atoms. The third-order valence-electron chi connectivity index (χ3n) is 3.30. The van der Waals surface area contributed by atoms with Gasteiger partial charge in [-0.25, -0.2) is 9.18 Å². The van der Waals surface area contributed by atoms with E-state index in [9.17, 15) is 14.3 Å². The highest BCUT2D eigenvalue weighted by Crippen LogP contribution is 2.26. The van der Waals surface area contributed by atoms with Crippen molar-refractivity contribution in [2.45, 2.75) is 19.3 Å². The third kappa shape index (κ3) is 3.79. The maximum atomic E-state index is 13.0. The molecule has 2 rings (SSSR count). The number of nitrogens with zero attached hydrogens (tertiary/aromatic N) is 3.